The Bertz CT molecular complexity index is 793. The Balaban J connectivity index is 2.12. The number of hydrogen-bond acceptors (Lipinski definition) is 3. The Labute approximate surface area is 130 Å². The van der Waals surface area contributed by atoms with Gasteiger partial charge in [-0.1, -0.05) is 18.2 Å². The van der Waals surface area contributed by atoms with Gasteiger partial charge in [0.05, 0.1) is 7.11 Å². The first-order chi connectivity index (χ1) is 11.0. The highest BCUT2D eigenvalue weighted by molar-refractivity contribution is 5.66. The maximum absolute atomic E-state index is 13.3. The normalized spacial score (nSPS) is 11.5. The largest absolute Gasteiger partial charge is 0.497 e. The average Bonchev–Trinajstić information content (AvgIpc) is 3.01. The Morgan fingerprint density at radius 2 is 1.57 bits per heavy atom. The third kappa shape index (κ3) is 3.06. The van der Waals surface area contributed by atoms with E-state index in [1.165, 1.54) is 19.2 Å². The number of rotatable bonds is 3. The van der Waals surface area contributed by atoms with Gasteiger partial charge in [-0.2, -0.15) is 13.2 Å². The van der Waals surface area contributed by atoms with E-state index in [-0.39, 0.29) is 11.6 Å². The van der Waals surface area contributed by atoms with Crippen LogP contribution in [0.25, 0.3) is 22.7 Å². The molecular formula is C17H12F3NO2. The van der Waals surface area contributed by atoms with E-state index < -0.39 is 11.9 Å². The van der Waals surface area contributed by atoms with E-state index in [4.69, 9.17) is 9.15 Å². The second-order valence-corrected chi connectivity index (χ2v) is 4.79. The quantitative estimate of drug-likeness (QED) is 0.678. The summed E-state index contributed by atoms with van der Waals surface area (Å²) < 4.78 is 49.8. The summed E-state index contributed by atoms with van der Waals surface area (Å²) in [5.74, 6) is -0.626. The molecular weight excluding hydrogens is 307 g/mol. The summed E-state index contributed by atoms with van der Waals surface area (Å²) in [7, 11) is 1.49. The van der Waals surface area contributed by atoms with Crippen molar-refractivity contribution in [2.75, 3.05) is 7.11 Å². The van der Waals surface area contributed by atoms with Crippen LogP contribution in [-0.4, -0.2) is 12.1 Å². The molecule has 0 bridgehead atoms. The van der Waals surface area contributed by atoms with Gasteiger partial charge < -0.3 is 9.15 Å². The molecule has 0 spiro atoms. The van der Waals surface area contributed by atoms with Crippen LogP contribution < -0.4 is 4.74 Å². The summed E-state index contributed by atoms with van der Waals surface area (Å²) in [5, 5.41) is 0. The van der Waals surface area contributed by atoms with Crippen LogP contribution in [0.2, 0.25) is 0 Å². The highest BCUT2D eigenvalue weighted by atomic mass is 19.4. The van der Waals surface area contributed by atoms with Gasteiger partial charge in [-0.15, -0.1) is 0 Å². The first kappa shape index (κ1) is 15.1. The Kier molecular flexibility index (Phi) is 3.82. The fourth-order valence-electron chi connectivity index (χ4n) is 2.16. The van der Waals surface area contributed by atoms with Crippen LogP contribution in [0.3, 0.4) is 0 Å². The molecule has 0 aliphatic heterocycles. The zero-order valence-electron chi connectivity index (χ0n) is 12.1. The van der Waals surface area contributed by atoms with Crippen LogP contribution in [0, 0.1) is 0 Å². The summed E-state index contributed by atoms with van der Waals surface area (Å²) in [6.07, 6.45) is -4.63. The minimum Gasteiger partial charge on any atom is -0.497 e. The van der Waals surface area contributed by atoms with Gasteiger partial charge >= 0.3 is 6.18 Å². The standard InChI is InChI=1S/C17H12F3NO2/c1-22-13-9-7-11(8-10-13)14-15(17(18,19)20)23-16(21-14)12-5-3-2-4-6-12/h2-10H,1H3. The maximum atomic E-state index is 13.3. The fourth-order valence-corrected chi connectivity index (χ4v) is 2.16. The highest BCUT2D eigenvalue weighted by Gasteiger charge is 2.40. The van der Waals surface area contributed by atoms with E-state index >= 15 is 0 Å². The van der Waals surface area contributed by atoms with Crippen LogP contribution in [-0.2, 0) is 6.18 Å². The van der Waals surface area contributed by atoms with Crippen LogP contribution >= 0.6 is 0 Å². The number of methoxy groups -OCH3 is 1. The van der Waals surface area contributed by atoms with Gasteiger partial charge in [-0.05, 0) is 36.4 Å². The van der Waals surface area contributed by atoms with E-state index in [0.29, 0.717) is 16.9 Å². The summed E-state index contributed by atoms with van der Waals surface area (Å²) in [5.41, 5.74) is 0.556. The molecule has 0 aliphatic rings. The number of aromatic nitrogens is 1. The van der Waals surface area contributed by atoms with Crippen molar-refractivity contribution in [2.45, 2.75) is 6.18 Å². The average molecular weight is 319 g/mol. The number of hydrogen-bond donors (Lipinski definition) is 0. The molecule has 6 heteroatoms. The topological polar surface area (TPSA) is 35.3 Å². The molecule has 0 unspecified atom stereocenters. The molecule has 0 fully saturated rings. The van der Waals surface area contributed by atoms with Gasteiger partial charge in [0.2, 0.25) is 11.7 Å². The molecule has 0 aliphatic carbocycles. The van der Waals surface area contributed by atoms with Crippen molar-refractivity contribution in [2.24, 2.45) is 0 Å². The lowest BCUT2D eigenvalue weighted by Crippen LogP contribution is -2.05. The second-order valence-electron chi connectivity index (χ2n) is 4.79. The van der Waals surface area contributed by atoms with E-state index in [2.05, 4.69) is 4.98 Å². The van der Waals surface area contributed by atoms with Crippen LogP contribution in [0.4, 0.5) is 13.2 Å². The minimum atomic E-state index is -4.63. The predicted molar refractivity (Wildman–Crippen MR) is 78.9 cm³/mol. The molecule has 23 heavy (non-hydrogen) atoms. The maximum Gasteiger partial charge on any atom is 0.451 e. The van der Waals surface area contributed by atoms with Gasteiger partial charge in [0.15, 0.2) is 0 Å². The summed E-state index contributed by atoms with van der Waals surface area (Å²) in [6, 6.07) is 14.6. The molecule has 0 saturated carbocycles. The molecule has 0 N–H and O–H groups in total. The second kappa shape index (κ2) is 5.79. The molecule has 0 radical (unpaired) electrons. The van der Waals surface area contributed by atoms with E-state index in [1.807, 2.05) is 0 Å². The molecule has 0 saturated heterocycles. The van der Waals surface area contributed by atoms with Crippen molar-refractivity contribution in [1.82, 2.24) is 4.98 Å². The Morgan fingerprint density at radius 1 is 0.913 bits per heavy atom. The molecule has 3 rings (SSSR count). The number of ether oxygens (including phenoxy) is 1. The third-order valence-corrected chi connectivity index (χ3v) is 3.27. The van der Waals surface area contributed by atoms with Crippen LogP contribution in [0.5, 0.6) is 5.75 Å². The van der Waals surface area contributed by atoms with Crippen molar-refractivity contribution < 1.29 is 22.3 Å². The highest BCUT2D eigenvalue weighted by Crippen LogP contribution is 2.39. The molecule has 2 aromatic carbocycles. The van der Waals surface area contributed by atoms with Crippen molar-refractivity contribution in [3.63, 3.8) is 0 Å². The monoisotopic (exact) mass is 319 g/mol. The van der Waals surface area contributed by atoms with E-state index in [1.54, 1.807) is 42.5 Å². The zero-order chi connectivity index (χ0) is 16.4. The summed E-state index contributed by atoms with van der Waals surface area (Å²) in [6.45, 7) is 0. The predicted octanol–water partition coefficient (Wildman–Crippen LogP) is 5.04. The first-order valence-corrected chi connectivity index (χ1v) is 6.77. The number of nitrogens with zero attached hydrogens (tertiary/aromatic N) is 1. The molecule has 1 aromatic heterocycles. The number of alkyl halides is 3. The minimum absolute atomic E-state index is 0.0660. The summed E-state index contributed by atoms with van der Waals surface area (Å²) in [4.78, 5) is 4.05. The molecule has 0 amide bonds. The zero-order valence-corrected chi connectivity index (χ0v) is 12.1. The van der Waals surface area contributed by atoms with Crippen molar-refractivity contribution in [3.05, 3.63) is 60.4 Å². The smallest absolute Gasteiger partial charge is 0.451 e. The Hall–Kier alpha value is -2.76. The molecule has 118 valence electrons. The fraction of sp³-hybridized carbons (Fsp3) is 0.118. The van der Waals surface area contributed by atoms with Gasteiger partial charge in [0.1, 0.15) is 11.4 Å². The number of oxazole rings is 1. The SMILES string of the molecule is COc1ccc(-c2nc(-c3ccccc3)oc2C(F)(F)F)cc1. The van der Waals surface area contributed by atoms with Gasteiger partial charge in [0.25, 0.3) is 0 Å². The molecule has 3 aromatic rings. The molecule has 0 atom stereocenters. The van der Waals surface area contributed by atoms with Gasteiger partial charge in [0, 0.05) is 11.1 Å². The van der Waals surface area contributed by atoms with Gasteiger partial charge in [-0.3, -0.25) is 0 Å². The molecule has 3 nitrogen and oxygen atoms in total. The van der Waals surface area contributed by atoms with Crippen molar-refractivity contribution in [1.29, 1.82) is 0 Å². The molecule has 1 heterocycles. The van der Waals surface area contributed by atoms with Crippen molar-refractivity contribution >= 4 is 0 Å². The van der Waals surface area contributed by atoms with E-state index in [9.17, 15) is 13.2 Å². The van der Waals surface area contributed by atoms with Crippen molar-refractivity contribution in [3.8, 4) is 28.5 Å². The lowest BCUT2D eigenvalue weighted by molar-refractivity contribution is -0.152. The number of halogens is 3. The number of benzene rings is 2. The van der Waals surface area contributed by atoms with E-state index in [0.717, 1.165) is 0 Å². The van der Waals surface area contributed by atoms with Gasteiger partial charge in [-0.25, -0.2) is 4.98 Å². The van der Waals surface area contributed by atoms with Crippen LogP contribution in [0.15, 0.2) is 59.0 Å². The van der Waals surface area contributed by atoms with Crippen LogP contribution in [0.1, 0.15) is 5.76 Å². The first-order valence-electron chi connectivity index (χ1n) is 6.77. The lowest BCUT2D eigenvalue weighted by Gasteiger charge is -2.05. The summed E-state index contributed by atoms with van der Waals surface area (Å²) >= 11 is 0. The Morgan fingerprint density at radius 3 is 2.13 bits per heavy atom. The lowest BCUT2D eigenvalue weighted by atomic mass is 10.1. The third-order valence-electron chi connectivity index (χ3n) is 3.27.